The minimum Gasteiger partial charge on any atom is -0.480 e. The molecule has 4 saturated carbocycles. The molecule has 4 aliphatic rings. The molecular formula is C53H82N10O10. The van der Waals surface area contributed by atoms with Gasteiger partial charge in [0.1, 0.15) is 48.6 Å². The molecule has 0 radical (unpaired) electrons. The molecule has 0 aliphatic heterocycles. The van der Waals surface area contributed by atoms with Gasteiger partial charge in [-0.15, -0.1) is 0 Å². The minimum atomic E-state index is -1.09. The summed E-state index contributed by atoms with van der Waals surface area (Å²) in [6.07, 6.45) is 21.7. The number of hydrogen-bond donors (Lipinski definition) is 5. The number of aliphatic carboxylic acids is 1. The lowest BCUT2D eigenvalue weighted by molar-refractivity contribution is -0.151. The molecule has 73 heavy (non-hydrogen) atoms. The monoisotopic (exact) mass is 1020 g/mol. The maximum atomic E-state index is 13.8. The van der Waals surface area contributed by atoms with Crippen molar-refractivity contribution in [3.05, 3.63) is 48.6 Å². The van der Waals surface area contributed by atoms with Crippen LogP contribution in [-0.2, 0) is 33.5 Å². The Balaban J connectivity index is 0.000000313. The smallest absolute Gasteiger partial charge is 0.325 e. The third-order valence-electron chi connectivity index (χ3n) is 13.7. The van der Waals surface area contributed by atoms with Crippen LogP contribution in [0.1, 0.15) is 167 Å². The van der Waals surface area contributed by atoms with Crippen LogP contribution in [0.15, 0.2) is 37.2 Å². The number of carboxylic acids is 1. The van der Waals surface area contributed by atoms with Gasteiger partial charge in [0.15, 0.2) is 0 Å². The predicted octanol–water partition coefficient (Wildman–Crippen LogP) is 5.13. The fourth-order valence-corrected chi connectivity index (χ4v) is 9.33. The van der Waals surface area contributed by atoms with Crippen molar-refractivity contribution in [2.75, 3.05) is 32.8 Å². The standard InChI is InChI=1S/C27H41N5O5.C25H37N5O5.CH4/c1-5-37-21(33)17-32(16-18-11-12-18)26(36)23(27(2,3)4)31-25(35)22(19-9-7-6-8-10-19)30-24(34)20-15-28-13-14-29-20;1-25(2,3)21(24(35)30(15-19(31)32)14-16-9-10-16)29-23(34)20(17-7-5-4-6-8-17)28-22(33)18-13-26-11-12-27-18;/h13-15,18-19,22-23H,5-12,16-17H2,1-4H3,(H,30,34)(H,31,35);11-13,16-17,20-21H,4-10,14-15H2,1-3H3,(H,28,33)(H,29,34)(H,31,32);1H4/t22-,23+;20-,21+;/m00./s1. The number of carbonyl (C=O) groups excluding carboxylic acids is 7. The number of nitrogens with one attached hydrogen (secondary N) is 4. The van der Waals surface area contributed by atoms with Gasteiger partial charge in [0.2, 0.25) is 23.6 Å². The maximum Gasteiger partial charge on any atom is 0.325 e. The van der Waals surface area contributed by atoms with Crippen LogP contribution >= 0.6 is 0 Å². The quantitative estimate of drug-likeness (QED) is 0.102. The van der Waals surface area contributed by atoms with Crippen molar-refractivity contribution in [3.8, 4) is 0 Å². The molecule has 0 spiro atoms. The van der Waals surface area contributed by atoms with Crippen LogP contribution in [0.4, 0.5) is 0 Å². The van der Waals surface area contributed by atoms with E-state index < -0.39 is 83.0 Å². The number of carbonyl (C=O) groups is 8. The summed E-state index contributed by atoms with van der Waals surface area (Å²) < 4.78 is 5.10. The van der Waals surface area contributed by atoms with E-state index in [2.05, 4.69) is 41.2 Å². The molecule has 4 atom stereocenters. The van der Waals surface area contributed by atoms with Crippen molar-refractivity contribution >= 4 is 47.4 Å². The van der Waals surface area contributed by atoms with Crippen molar-refractivity contribution in [3.63, 3.8) is 0 Å². The first kappa shape index (κ1) is 59.5. The Bertz CT molecular complexity index is 2150. The molecular weight excluding hydrogens is 937 g/mol. The van der Waals surface area contributed by atoms with E-state index in [1.165, 1.54) is 47.0 Å². The van der Waals surface area contributed by atoms with Gasteiger partial charge in [-0.05, 0) is 92.8 Å². The van der Waals surface area contributed by atoms with Crippen molar-refractivity contribution in [2.24, 2.45) is 34.5 Å². The number of hydrogen-bond acceptors (Lipinski definition) is 13. The van der Waals surface area contributed by atoms with E-state index in [0.717, 1.165) is 89.9 Å². The van der Waals surface area contributed by atoms with Crippen LogP contribution < -0.4 is 21.3 Å². The molecule has 20 nitrogen and oxygen atoms in total. The third-order valence-corrected chi connectivity index (χ3v) is 13.7. The molecule has 0 unspecified atom stereocenters. The summed E-state index contributed by atoms with van der Waals surface area (Å²) in [5.41, 5.74) is -1.06. The zero-order chi connectivity index (χ0) is 52.6. The second-order valence-electron chi connectivity index (χ2n) is 22.0. The molecule has 0 bridgehead atoms. The number of aromatic nitrogens is 4. The molecule has 4 fully saturated rings. The number of nitrogens with zero attached hydrogens (tertiary/aromatic N) is 6. The molecule has 404 valence electrons. The third kappa shape index (κ3) is 19.0. The molecule has 6 amide bonds. The fraction of sp³-hybridized carbons (Fsp3) is 0.698. The Hall–Kier alpha value is -6.08. The molecule has 0 saturated heterocycles. The molecule has 2 heterocycles. The van der Waals surface area contributed by atoms with Gasteiger partial charge in [-0.25, -0.2) is 9.97 Å². The molecule has 4 aliphatic carbocycles. The maximum absolute atomic E-state index is 13.8. The van der Waals surface area contributed by atoms with Crippen LogP contribution in [0.3, 0.4) is 0 Å². The first-order valence-corrected chi connectivity index (χ1v) is 25.9. The van der Waals surface area contributed by atoms with E-state index in [1.54, 1.807) is 6.92 Å². The average molecular weight is 1020 g/mol. The Labute approximate surface area is 431 Å². The second kappa shape index (κ2) is 27.8. The molecule has 20 heteroatoms. The summed E-state index contributed by atoms with van der Waals surface area (Å²) in [5.74, 6) is -3.56. The highest BCUT2D eigenvalue weighted by molar-refractivity contribution is 5.98. The lowest BCUT2D eigenvalue weighted by Gasteiger charge is -2.37. The highest BCUT2D eigenvalue weighted by atomic mass is 16.5. The summed E-state index contributed by atoms with van der Waals surface area (Å²) in [6.45, 7) is 13.4. The van der Waals surface area contributed by atoms with E-state index in [4.69, 9.17) is 4.74 Å². The molecule has 5 N–H and O–H groups in total. The summed E-state index contributed by atoms with van der Waals surface area (Å²) in [4.78, 5) is 123. The van der Waals surface area contributed by atoms with Crippen LogP contribution in [0.2, 0.25) is 0 Å². The van der Waals surface area contributed by atoms with Crippen LogP contribution in [0.25, 0.3) is 0 Å². The molecule has 6 rings (SSSR count). The zero-order valence-corrected chi connectivity index (χ0v) is 43.3. The van der Waals surface area contributed by atoms with Gasteiger partial charge in [0.25, 0.3) is 11.8 Å². The van der Waals surface area contributed by atoms with Crippen molar-refractivity contribution < 1.29 is 48.2 Å². The van der Waals surface area contributed by atoms with E-state index in [0.29, 0.717) is 24.9 Å². The Morgan fingerprint density at radius 2 is 0.973 bits per heavy atom. The van der Waals surface area contributed by atoms with Crippen LogP contribution in [0, 0.1) is 34.5 Å². The Morgan fingerprint density at radius 1 is 0.589 bits per heavy atom. The lowest BCUT2D eigenvalue weighted by Crippen LogP contribution is -2.60. The van der Waals surface area contributed by atoms with E-state index >= 15 is 0 Å². The van der Waals surface area contributed by atoms with Gasteiger partial charge in [-0.3, -0.25) is 48.3 Å². The number of esters is 1. The van der Waals surface area contributed by atoms with Crippen molar-refractivity contribution in [1.29, 1.82) is 0 Å². The SMILES string of the molecule is C.CC(C)(C)[C@H](NC(=O)[C@@H](NC(=O)c1cnccn1)C1CCCCC1)C(=O)N(CC(=O)O)CC1CC1.CCOC(=O)CN(CC1CC1)C(=O)[C@@H](NC(=O)[C@@H](NC(=O)c1cnccn1)C1CCCCC1)C(C)(C)C. The topological polar surface area (TPSA) is 272 Å². The predicted molar refractivity (Wildman–Crippen MR) is 272 cm³/mol. The summed E-state index contributed by atoms with van der Waals surface area (Å²) in [7, 11) is 0. The van der Waals surface area contributed by atoms with Gasteiger partial charge in [0.05, 0.1) is 19.0 Å². The molecule has 2 aromatic rings. The highest BCUT2D eigenvalue weighted by Gasteiger charge is 2.43. The highest BCUT2D eigenvalue weighted by Crippen LogP contribution is 2.33. The van der Waals surface area contributed by atoms with E-state index in [9.17, 15) is 43.5 Å². The van der Waals surface area contributed by atoms with Crippen LogP contribution in [-0.4, -0.2) is 139 Å². The summed E-state index contributed by atoms with van der Waals surface area (Å²) in [5, 5.41) is 20.9. The largest absolute Gasteiger partial charge is 0.480 e. The number of ether oxygens (including phenoxy) is 1. The molecule has 0 aromatic carbocycles. The van der Waals surface area contributed by atoms with Gasteiger partial charge >= 0.3 is 11.9 Å². The zero-order valence-electron chi connectivity index (χ0n) is 43.3. The van der Waals surface area contributed by atoms with Crippen molar-refractivity contribution in [1.82, 2.24) is 51.0 Å². The Morgan fingerprint density at radius 3 is 1.29 bits per heavy atom. The van der Waals surface area contributed by atoms with E-state index in [1.807, 2.05) is 41.5 Å². The first-order valence-electron chi connectivity index (χ1n) is 25.9. The average Bonchev–Trinajstić information content (AvgIpc) is 4.31. The number of rotatable bonds is 21. The summed E-state index contributed by atoms with van der Waals surface area (Å²) in [6, 6.07) is -3.46. The lowest BCUT2D eigenvalue weighted by atomic mass is 9.82. The first-order chi connectivity index (χ1) is 34.2. The van der Waals surface area contributed by atoms with Gasteiger partial charge in [-0.2, -0.15) is 0 Å². The van der Waals surface area contributed by atoms with E-state index in [-0.39, 0.29) is 49.7 Å². The number of amides is 6. The fourth-order valence-electron chi connectivity index (χ4n) is 9.33. The minimum absolute atomic E-state index is 0. The van der Waals surface area contributed by atoms with Gasteiger partial charge in [-0.1, -0.05) is 87.5 Å². The summed E-state index contributed by atoms with van der Waals surface area (Å²) >= 11 is 0. The van der Waals surface area contributed by atoms with Gasteiger partial charge < -0.3 is 40.9 Å². The molecule has 2 aromatic heterocycles. The second-order valence-corrected chi connectivity index (χ2v) is 22.0. The van der Waals surface area contributed by atoms with Crippen LogP contribution in [0.5, 0.6) is 0 Å². The normalized spacial score (nSPS) is 17.8. The Kier molecular flexibility index (Phi) is 22.7. The van der Waals surface area contributed by atoms with Crippen molar-refractivity contribution in [2.45, 2.75) is 170 Å². The number of carboxylic acid groups (broad SMARTS) is 1. The van der Waals surface area contributed by atoms with Gasteiger partial charge in [0, 0.05) is 37.9 Å².